The van der Waals surface area contributed by atoms with Crippen LogP contribution in [0.5, 0.6) is 0 Å². The standard InChI is InChI=1S/C16H12Cl2N2O2S/c1-23(21,22)12-5-2-10(3-6-12)16-14(9-19-20-16)13-8-11(17)4-7-15(13)18/h2-9H,1H3,(H,19,20). The Balaban J connectivity index is 2.10. The third kappa shape index (κ3) is 3.27. The summed E-state index contributed by atoms with van der Waals surface area (Å²) in [5.41, 5.74) is 3.01. The van der Waals surface area contributed by atoms with Crippen molar-refractivity contribution in [3.8, 4) is 22.4 Å². The van der Waals surface area contributed by atoms with Crippen LogP contribution in [0.1, 0.15) is 0 Å². The van der Waals surface area contributed by atoms with Gasteiger partial charge in [-0.1, -0.05) is 35.3 Å². The molecule has 1 heterocycles. The average Bonchev–Trinajstić information content (AvgIpc) is 2.98. The number of aromatic nitrogens is 2. The van der Waals surface area contributed by atoms with Gasteiger partial charge in [0.2, 0.25) is 0 Å². The van der Waals surface area contributed by atoms with Gasteiger partial charge < -0.3 is 0 Å². The number of halogens is 2. The van der Waals surface area contributed by atoms with E-state index in [0.29, 0.717) is 15.7 Å². The molecule has 0 saturated carbocycles. The van der Waals surface area contributed by atoms with Gasteiger partial charge in [0, 0.05) is 39.2 Å². The molecule has 1 N–H and O–H groups in total. The summed E-state index contributed by atoms with van der Waals surface area (Å²) in [6.45, 7) is 0. The van der Waals surface area contributed by atoms with E-state index in [1.54, 1.807) is 48.7 Å². The molecule has 0 aliphatic rings. The number of sulfone groups is 1. The van der Waals surface area contributed by atoms with Crippen molar-refractivity contribution in [1.82, 2.24) is 10.2 Å². The van der Waals surface area contributed by atoms with Gasteiger partial charge in [0.05, 0.1) is 10.6 Å². The van der Waals surface area contributed by atoms with E-state index < -0.39 is 9.84 Å². The van der Waals surface area contributed by atoms with Gasteiger partial charge in [-0.2, -0.15) is 5.10 Å². The fraction of sp³-hybridized carbons (Fsp3) is 0.0625. The smallest absolute Gasteiger partial charge is 0.175 e. The van der Waals surface area contributed by atoms with E-state index in [-0.39, 0.29) is 4.90 Å². The van der Waals surface area contributed by atoms with Crippen molar-refractivity contribution < 1.29 is 8.42 Å². The zero-order valence-corrected chi connectivity index (χ0v) is 14.4. The summed E-state index contributed by atoms with van der Waals surface area (Å²) >= 11 is 12.3. The molecule has 0 bridgehead atoms. The van der Waals surface area contributed by atoms with Gasteiger partial charge in [-0.05, 0) is 30.3 Å². The molecule has 0 spiro atoms. The second kappa shape index (κ2) is 6.00. The number of H-pyrrole nitrogens is 1. The van der Waals surface area contributed by atoms with Crippen molar-refractivity contribution in [3.63, 3.8) is 0 Å². The van der Waals surface area contributed by atoms with Crippen LogP contribution in [0, 0.1) is 0 Å². The molecule has 2 aromatic carbocycles. The Kier molecular flexibility index (Phi) is 4.19. The third-order valence-corrected chi connectivity index (χ3v) is 5.11. The first-order valence-corrected chi connectivity index (χ1v) is 9.30. The third-order valence-electron chi connectivity index (χ3n) is 3.41. The molecule has 7 heteroatoms. The Morgan fingerprint density at radius 3 is 2.35 bits per heavy atom. The molecule has 0 saturated heterocycles. The largest absolute Gasteiger partial charge is 0.284 e. The van der Waals surface area contributed by atoms with E-state index >= 15 is 0 Å². The first-order chi connectivity index (χ1) is 10.9. The summed E-state index contributed by atoms with van der Waals surface area (Å²) < 4.78 is 23.1. The van der Waals surface area contributed by atoms with Gasteiger partial charge >= 0.3 is 0 Å². The molecular formula is C16H12Cl2N2O2S. The minimum absolute atomic E-state index is 0.263. The lowest BCUT2D eigenvalue weighted by atomic mass is 10.0. The van der Waals surface area contributed by atoms with Crippen molar-refractivity contribution in [1.29, 1.82) is 0 Å². The highest BCUT2D eigenvalue weighted by molar-refractivity contribution is 7.90. The minimum Gasteiger partial charge on any atom is -0.284 e. The second-order valence-electron chi connectivity index (χ2n) is 5.07. The van der Waals surface area contributed by atoms with Crippen LogP contribution in [-0.4, -0.2) is 24.9 Å². The SMILES string of the molecule is CS(=O)(=O)c1ccc(-c2n[nH]cc2-c2cc(Cl)ccc2Cl)cc1. The molecule has 0 atom stereocenters. The summed E-state index contributed by atoms with van der Waals surface area (Å²) in [5.74, 6) is 0. The van der Waals surface area contributed by atoms with E-state index in [1.807, 2.05) is 0 Å². The highest BCUT2D eigenvalue weighted by Gasteiger charge is 2.15. The Hall–Kier alpha value is -1.82. The molecular weight excluding hydrogens is 355 g/mol. The van der Waals surface area contributed by atoms with Crippen LogP contribution in [0.25, 0.3) is 22.4 Å². The van der Waals surface area contributed by atoms with Crippen LogP contribution in [0.4, 0.5) is 0 Å². The van der Waals surface area contributed by atoms with E-state index in [9.17, 15) is 8.42 Å². The van der Waals surface area contributed by atoms with Gasteiger partial charge in [-0.15, -0.1) is 0 Å². The Morgan fingerprint density at radius 2 is 1.70 bits per heavy atom. The van der Waals surface area contributed by atoms with Crippen LogP contribution in [-0.2, 0) is 9.84 Å². The monoisotopic (exact) mass is 366 g/mol. The van der Waals surface area contributed by atoms with Crippen LogP contribution >= 0.6 is 23.2 Å². The Bertz CT molecular complexity index is 964. The van der Waals surface area contributed by atoms with Crippen molar-refractivity contribution in [2.24, 2.45) is 0 Å². The van der Waals surface area contributed by atoms with Crippen molar-refractivity contribution in [2.75, 3.05) is 6.26 Å². The predicted molar refractivity (Wildman–Crippen MR) is 92.6 cm³/mol. The first-order valence-electron chi connectivity index (χ1n) is 6.66. The quantitative estimate of drug-likeness (QED) is 0.744. The Labute approximate surface area is 144 Å². The number of hydrogen-bond acceptors (Lipinski definition) is 3. The number of nitrogens with one attached hydrogen (secondary N) is 1. The molecule has 4 nitrogen and oxygen atoms in total. The maximum absolute atomic E-state index is 11.5. The van der Waals surface area contributed by atoms with Crippen LogP contribution in [0.3, 0.4) is 0 Å². The maximum atomic E-state index is 11.5. The van der Waals surface area contributed by atoms with Crippen molar-refractivity contribution in [2.45, 2.75) is 4.90 Å². The molecule has 1 aromatic heterocycles. The number of hydrogen-bond donors (Lipinski definition) is 1. The average molecular weight is 367 g/mol. The van der Waals surface area contributed by atoms with E-state index in [0.717, 1.165) is 16.7 Å². The first kappa shape index (κ1) is 16.1. The maximum Gasteiger partial charge on any atom is 0.175 e. The van der Waals surface area contributed by atoms with Gasteiger partial charge in [0.15, 0.2) is 9.84 Å². The van der Waals surface area contributed by atoms with Gasteiger partial charge in [0.1, 0.15) is 0 Å². The van der Waals surface area contributed by atoms with Gasteiger partial charge in [0.25, 0.3) is 0 Å². The highest BCUT2D eigenvalue weighted by Crippen LogP contribution is 2.36. The fourth-order valence-electron chi connectivity index (χ4n) is 2.28. The summed E-state index contributed by atoms with van der Waals surface area (Å²) in [6, 6.07) is 11.8. The molecule has 0 aliphatic heterocycles. The number of benzene rings is 2. The normalized spacial score (nSPS) is 11.6. The van der Waals surface area contributed by atoms with Crippen LogP contribution in [0.2, 0.25) is 10.0 Å². The molecule has 23 heavy (non-hydrogen) atoms. The van der Waals surface area contributed by atoms with Crippen molar-refractivity contribution in [3.05, 3.63) is 58.7 Å². The zero-order valence-electron chi connectivity index (χ0n) is 12.0. The van der Waals surface area contributed by atoms with E-state index in [2.05, 4.69) is 10.2 Å². The minimum atomic E-state index is -3.23. The molecule has 118 valence electrons. The number of aromatic amines is 1. The lowest BCUT2D eigenvalue weighted by molar-refractivity contribution is 0.602. The second-order valence-corrected chi connectivity index (χ2v) is 7.93. The summed E-state index contributed by atoms with van der Waals surface area (Å²) in [4.78, 5) is 0.263. The lowest BCUT2D eigenvalue weighted by Crippen LogP contribution is -1.96. The summed E-state index contributed by atoms with van der Waals surface area (Å²) in [7, 11) is -3.23. The molecule has 0 unspecified atom stereocenters. The van der Waals surface area contributed by atoms with Crippen molar-refractivity contribution >= 4 is 33.0 Å². The topological polar surface area (TPSA) is 62.8 Å². The van der Waals surface area contributed by atoms with E-state index in [1.165, 1.54) is 6.26 Å². The fourth-order valence-corrected chi connectivity index (χ4v) is 3.30. The molecule has 3 rings (SSSR count). The Morgan fingerprint density at radius 1 is 1.00 bits per heavy atom. The predicted octanol–water partition coefficient (Wildman–Crippen LogP) is 4.45. The number of nitrogens with zero attached hydrogens (tertiary/aromatic N) is 1. The molecule has 3 aromatic rings. The van der Waals surface area contributed by atoms with E-state index in [4.69, 9.17) is 23.2 Å². The zero-order chi connectivity index (χ0) is 16.6. The van der Waals surface area contributed by atoms with Crippen LogP contribution < -0.4 is 0 Å². The van der Waals surface area contributed by atoms with Gasteiger partial charge in [-0.3, -0.25) is 5.10 Å². The molecule has 0 fully saturated rings. The highest BCUT2D eigenvalue weighted by atomic mass is 35.5. The number of rotatable bonds is 3. The summed E-state index contributed by atoms with van der Waals surface area (Å²) in [5, 5.41) is 8.20. The summed E-state index contributed by atoms with van der Waals surface area (Å²) in [6.07, 6.45) is 2.91. The molecule has 0 amide bonds. The molecule has 0 radical (unpaired) electrons. The van der Waals surface area contributed by atoms with Gasteiger partial charge in [-0.25, -0.2) is 8.42 Å². The lowest BCUT2D eigenvalue weighted by Gasteiger charge is -2.06. The molecule has 0 aliphatic carbocycles. The van der Waals surface area contributed by atoms with Crippen LogP contribution in [0.15, 0.2) is 53.6 Å².